The minimum Gasteiger partial charge on any atom is -0.381 e. The van der Waals surface area contributed by atoms with Gasteiger partial charge in [0.2, 0.25) is 0 Å². The third-order valence-electron chi connectivity index (χ3n) is 3.78. The monoisotopic (exact) mass is 336 g/mol. The molecule has 3 nitrogen and oxygen atoms in total. The molecule has 1 aromatic rings. The first-order chi connectivity index (χ1) is 10.5. The number of rotatable bonds is 5. The fourth-order valence-electron chi connectivity index (χ4n) is 2.71. The Hall–Kier alpha value is -1.01. The Morgan fingerprint density at radius 3 is 2.59 bits per heavy atom. The molecule has 1 fully saturated rings. The molecule has 0 bridgehead atoms. The number of aromatic nitrogens is 1. The van der Waals surface area contributed by atoms with Crippen LogP contribution in [0.1, 0.15) is 37.3 Å². The van der Waals surface area contributed by atoms with Crippen LogP contribution < -0.4 is 4.90 Å². The zero-order valence-electron chi connectivity index (χ0n) is 12.5. The SMILES string of the molecule is CCCN(c1ncc(C(F)(F)F)cc1CCl)C1CCOCC1. The largest absolute Gasteiger partial charge is 0.417 e. The number of hydrogen-bond acceptors (Lipinski definition) is 3. The van der Waals surface area contributed by atoms with Crippen LogP contribution in [0.4, 0.5) is 19.0 Å². The molecule has 1 aliphatic rings. The summed E-state index contributed by atoms with van der Waals surface area (Å²) in [4.78, 5) is 6.17. The van der Waals surface area contributed by atoms with Gasteiger partial charge in [-0.3, -0.25) is 0 Å². The normalized spacial score (nSPS) is 16.8. The molecule has 124 valence electrons. The van der Waals surface area contributed by atoms with Crippen molar-refractivity contribution in [3.8, 4) is 0 Å². The fraction of sp³-hybridized carbons (Fsp3) is 0.667. The standard InChI is InChI=1S/C15H20ClF3N2O/c1-2-5-21(13-3-6-22-7-4-13)14-11(9-16)8-12(10-20-14)15(17,18)19/h8,10,13H,2-7,9H2,1H3. The van der Waals surface area contributed by atoms with E-state index in [9.17, 15) is 13.2 Å². The van der Waals surface area contributed by atoms with Gasteiger partial charge in [-0.1, -0.05) is 6.92 Å². The summed E-state index contributed by atoms with van der Waals surface area (Å²) in [6.07, 6.45) is -0.912. The Kier molecular flexibility index (Phi) is 5.92. The average molecular weight is 337 g/mol. The topological polar surface area (TPSA) is 25.4 Å². The van der Waals surface area contributed by atoms with Crippen molar-refractivity contribution in [2.75, 3.05) is 24.7 Å². The van der Waals surface area contributed by atoms with Gasteiger partial charge in [0.25, 0.3) is 0 Å². The molecule has 0 N–H and O–H groups in total. The molecular weight excluding hydrogens is 317 g/mol. The van der Waals surface area contributed by atoms with Crippen LogP contribution >= 0.6 is 11.6 Å². The molecule has 1 aliphatic heterocycles. The van der Waals surface area contributed by atoms with Gasteiger partial charge in [-0.2, -0.15) is 13.2 Å². The van der Waals surface area contributed by atoms with Crippen molar-refractivity contribution < 1.29 is 17.9 Å². The van der Waals surface area contributed by atoms with E-state index in [0.29, 0.717) is 24.6 Å². The molecule has 0 aromatic carbocycles. The van der Waals surface area contributed by atoms with E-state index in [4.69, 9.17) is 16.3 Å². The third-order valence-corrected chi connectivity index (χ3v) is 4.07. The van der Waals surface area contributed by atoms with Crippen LogP contribution in [0, 0.1) is 0 Å². The van der Waals surface area contributed by atoms with Crippen molar-refractivity contribution in [2.24, 2.45) is 0 Å². The summed E-state index contributed by atoms with van der Waals surface area (Å²) in [5.41, 5.74) is -0.327. The predicted molar refractivity (Wildman–Crippen MR) is 80.3 cm³/mol. The smallest absolute Gasteiger partial charge is 0.381 e. The predicted octanol–water partition coefficient (Wildman–Crippen LogP) is 4.23. The van der Waals surface area contributed by atoms with E-state index < -0.39 is 11.7 Å². The number of nitrogens with zero attached hydrogens (tertiary/aromatic N) is 2. The first-order valence-corrected chi connectivity index (χ1v) is 7.97. The van der Waals surface area contributed by atoms with Crippen molar-refractivity contribution in [1.82, 2.24) is 4.98 Å². The van der Waals surface area contributed by atoms with Gasteiger partial charge in [-0.15, -0.1) is 11.6 Å². The van der Waals surface area contributed by atoms with Gasteiger partial charge in [0, 0.05) is 37.6 Å². The molecule has 2 heterocycles. The lowest BCUT2D eigenvalue weighted by Crippen LogP contribution is -2.41. The molecule has 2 rings (SSSR count). The highest BCUT2D eigenvalue weighted by molar-refractivity contribution is 6.17. The van der Waals surface area contributed by atoms with E-state index in [0.717, 1.165) is 38.1 Å². The highest BCUT2D eigenvalue weighted by Crippen LogP contribution is 2.33. The van der Waals surface area contributed by atoms with E-state index in [1.54, 1.807) is 0 Å². The van der Waals surface area contributed by atoms with Crippen molar-refractivity contribution in [3.63, 3.8) is 0 Å². The number of alkyl halides is 4. The Morgan fingerprint density at radius 2 is 2.05 bits per heavy atom. The Labute approximate surface area is 133 Å². The highest BCUT2D eigenvalue weighted by atomic mass is 35.5. The summed E-state index contributed by atoms with van der Waals surface area (Å²) in [5.74, 6) is 0.576. The van der Waals surface area contributed by atoms with Crippen LogP contribution in [0.25, 0.3) is 0 Å². The average Bonchev–Trinajstić information content (AvgIpc) is 2.52. The second-order valence-corrected chi connectivity index (χ2v) is 5.64. The summed E-state index contributed by atoms with van der Waals surface area (Å²) < 4.78 is 43.8. The summed E-state index contributed by atoms with van der Waals surface area (Å²) >= 11 is 5.88. The molecule has 22 heavy (non-hydrogen) atoms. The molecule has 0 unspecified atom stereocenters. The Balaban J connectivity index is 2.33. The maximum atomic E-state index is 12.8. The van der Waals surface area contributed by atoms with E-state index in [1.807, 2.05) is 6.92 Å². The van der Waals surface area contributed by atoms with Gasteiger partial charge in [0.05, 0.1) is 11.4 Å². The second kappa shape index (κ2) is 7.51. The van der Waals surface area contributed by atoms with Crippen LogP contribution in [-0.4, -0.2) is 30.8 Å². The molecule has 1 aromatic heterocycles. The molecule has 0 spiro atoms. The second-order valence-electron chi connectivity index (χ2n) is 5.38. The first-order valence-electron chi connectivity index (χ1n) is 7.43. The van der Waals surface area contributed by atoms with Gasteiger partial charge >= 0.3 is 6.18 Å². The van der Waals surface area contributed by atoms with Crippen LogP contribution in [0.15, 0.2) is 12.3 Å². The van der Waals surface area contributed by atoms with Gasteiger partial charge < -0.3 is 9.64 Å². The van der Waals surface area contributed by atoms with Crippen molar-refractivity contribution in [1.29, 1.82) is 0 Å². The van der Waals surface area contributed by atoms with Gasteiger partial charge in [-0.05, 0) is 25.3 Å². The van der Waals surface area contributed by atoms with E-state index in [1.165, 1.54) is 0 Å². The van der Waals surface area contributed by atoms with E-state index in [-0.39, 0.29) is 11.9 Å². The molecule has 0 aliphatic carbocycles. The zero-order valence-corrected chi connectivity index (χ0v) is 13.3. The maximum Gasteiger partial charge on any atom is 0.417 e. The summed E-state index contributed by atoms with van der Waals surface area (Å²) in [6, 6.07) is 1.34. The minimum atomic E-state index is -4.40. The summed E-state index contributed by atoms with van der Waals surface area (Å²) in [5, 5.41) is 0. The lowest BCUT2D eigenvalue weighted by molar-refractivity contribution is -0.137. The number of hydrogen-bond donors (Lipinski definition) is 0. The van der Waals surface area contributed by atoms with Crippen LogP contribution in [0.2, 0.25) is 0 Å². The zero-order chi connectivity index (χ0) is 16.2. The van der Waals surface area contributed by atoms with Crippen LogP contribution in [0.3, 0.4) is 0 Å². The summed E-state index contributed by atoms with van der Waals surface area (Å²) in [6.45, 7) is 4.12. The van der Waals surface area contributed by atoms with Crippen molar-refractivity contribution >= 4 is 17.4 Å². The fourth-order valence-corrected chi connectivity index (χ4v) is 2.91. The Morgan fingerprint density at radius 1 is 1.36 bits per heavy atom. The quantitative estimate of drug-likeness (QED) is 0.752. The molecule has 1 saturated heterocycles. The maximum absolute atomic E-state index is 12.8. The highest BCUT2D eigenvalue weighted by Gasteiger charge is 2.32. The number of ether oxygens (including phenoxy) is 1. The first kappa shape index (κ1) is 17.3. The molecule has 0 amide bonds. The molecule has 0 atom stereocenters. The third kappa shape index (κ3) is 4.04. The molecule has 0 saturated carbocycles. The number of pyridine rings is 1. The van der Waals surface area contributed by atoms with Crippen molar-refractivity contribution in [3.05, 3.63) is 23.4 Å². The molecule has 7 heteroatoms. The van der Waals surface area contributed by atoms with Crippen molar-refractivity contribution in [2.45, 2.75) is 44.3 Å². The van der Waals surface area contributed by atoms with Gasteiger partial charge in [-0.25, -0.2) is 4.98 Å². The lowest BCUT2D eigenvalue weighted by atomic mass is 10.1. The number of halogens is 4. The van der Waals surface area contributed by atoms with Gasteiger partial charge in [0.1, 0.15) is 5.82 Å². The number of anilines is 1. The molecule has 0 radical (unpaired) electrons. The lowest BCUT2D eigenvalue weighted by Gasteiger charge is -2.36. The molecular formula is C15H20ClF3N2O. The van der Waals surface area contributed by atoms with E-state index >= 15 is 0 Å². The van der Waals surface area contributed by atoms with Gasteiger partial charge in [0.15, 0.2) is 0 Å². The minimum absolute atomic E-state index is 0.00961. The Bertz CT molecular complexity index is 490. The van der Waals surface area contributed by atoms with E-state index in [2.05, 4.69) is 9.88 Å². The van der Waals surface area contributed by atoms with Crippen LogP contribution in [-0.2, 0) is 16.8 Å². The van der Waals surface area contributed by atoms with Crippen LogP contribution in [0.5, 0.6) is 0 Å². The summed E-state index contributed by atoms with van der Waals surface area (Å²) in [7, 11) is 0.